The number of halogens is 2. The average Bonchev–Trinajstić information content (AvgIpc) is 3.23. The van der Waals surface area contributed by atoms with Crippen molar-refractivity contribution in [3.63, 3.8) is 0 Å². The first-order valence-corrected chi connectivity index (χ1v) is 10.1. The van der Waals surface area contributed by atoms with E-state index in [9.17, 15) is 18.8 Å². The lowest BCUT2D eigenvalue weighted by Crippen LogP contribution is -2.29. The summed E-state index contributed by atoms with van der Waals surface area (Å²) < 4.78 is 19.1. The van der Waals surface area contributed by atoms with Crippen LogP contribution in [0.25, 0.3) is 17.4 Å². The van der Waals surface area contributed by atoms with Crippen LogP contribution in [0.4, 0.5) is 9.18 Å². The predicted octanol–water partition coefficient (Wildman–Crippen LogP) is 5.42. The van der Waals surface area contributed by atoms with Crippen LogP contribution in [0.15, 0.2) is 39.7 Å². The van der Waals surface area contributed by atoms with Gasteiger partial charge in [0.25, 0.3) is 11.1 Å². The van der Waals surface area contributed by atoms with Gasteiger partial charge in [0, 0.05) is 24.6 Å². The number of unbranched alkanes of at least 4 members (excludes halogenated alkanes) is 2. The number of furan rings is 1. The highest BCUT2D eigenvalue weighted by Crippen LogP contribution is 2.35. The molecule has 1 fully saturated rings. The maximum absolute atomic E-state index is 13.5. The SMILES string of the molecule is O=C(O)CCCCCN1C(=O)S/C(=C\c2ccc(-c3cc(F)ccc3Cl)o2)C1=O. The van der Waals surface area contributed by atoms with Gasteiger partial charge < -0.3 is 9.52 Å². The number of hydrogen-bond acceptors (Lipinski definition) is 5. The van der Waals surface area contributed by atoms with Crippen LogP contribution in [0.5, 0.6) is 0 Å². The number of amides is 2. The van der Waals surface area contributed by atoms with Gasteiger partial charge in [0.1, 0.15) is 17.3 Å². The van der Waals surface area contributed by atoms with Crippen LogP contribution >= 0.6 is 23.4 Å². The Bertz CT molecular complexity index is 987. The lowest BCUT2D eigenvalue weighted by Gasteiger charge is -2.11. The first-order chi connectivity index (χ1) is 13.8. The number of carbonyl (C=O) groups is 3. The molecule has 1 aromatic heterocycles. The monoisotopic (exact) mass is 437 g/mol. The third-order valence-corrected chi connectivity index (χ3v) is 5.48. The molecule has 1 aliphatic heterocycles. The zero-order chi connectivity index (χ0) is 21.0. The Hall–Kier alpha value is -2.58. The van der Waals surface area contributed by atoms with E-state index in [0.717, 1.165) is 16.7 Å². The molecule has 0 spiro atoms. The van der Waals surface area contributed by atoms with Crippen molar-refractivity contribution in [2.45, 2.75) is 25.7 Å². The first kappa shape index (κ1) is 21.1. The summed E-state index contributed by atoms with van der Waals surface area (Å²) in [5.74, 6) is -1.05. The highest BCUT2D eigenvalue weighted by atomic mass is 35.5. The van der Waals surface area contributed by atoms with E-state index in [0.29, 0.717) is 41.4 Å². The van der Waals surface area contributed by atoms with Gasteiger partial charge in [0.05, 0.1) is 9.93 Å². The summed E-state index contributed by atoms with van der Waals surface area (Å²) in [4.78, 5) is 36.5. The van der Waals surface area contributed by atoms with Gasteiger partial charge in [-0.1, -0.05) is 18.0 Å². The molecule has 0 atom stereocenters. The second kappa shape index (κ2) is 9.28. The fraction of sp³-hybridized carbons (Fsp3) is 0.250. The molecular weight excluding hydrogens is 421 g/mol. The van der Waals surface area contributed by atoms with Crippen molar-refractivity contribution in [1.82, 2.24) is 4.90 Å². The summed E-state index contributed by atoms with van der Waals surface area (Å²) in [5.41, 5.74) is 0.390. The van der Waals surface area contributed by atoms with Gasteiger partial charge in [-0.3, -0.25) is 19.3 Å². The van der Waals surface area contributed by atoms with Gasteiger partial charge in [0.15, 0.2) is 0 Å². The van der Waals surface area contributed by atoms with E-state index in [1.165, 1.54) is 24.3 Å². The van der Waals surface area contributed by atoms with Gasteiger partial charge in [-0.25, -0.2) is 4.39 Å². The number of aliphatic carboxylic acids is 1. The molecule has 2 heterocycles. The molecule has 0 bridgehead atoms. The van der Waals surface area contributed by atoms with Crippen LogP contribution < -0.4 is 0 Å². The molecule has 152 valence electrons. The maximum Gasteiger partial charge on any atom is 0.303 e. The van der Waals surface area contributed by atoms with Crippen LogP contribution in [0.1, 0.15) is 31.4 Å². The quantitative estimate of drug-likeness (QED) is 0.438. The third kappa shape index (κ3) is 5.27. The number of carbonyl (C=O) groups excluding carboxylic acids is 2. The van der Waals surface area contributed by atoms with E-state index in [2.05, 4.69) is 0 Å². The molecule has 6 nitrogen and oxygen atoms in total. The zero-order valence-electron chi connectivity index (χ0n) is 15.2. The van der Waals surface area contributed by atoms with Gasteiger partial charge in [-0.2, -0.15) is 0 Å². The third-order valence-electron chi connectivity index (χ3n) is 4.24. The second-order valence-electron chi connectivity index (χ2n) is 6.36. The fourth-order valence-electron chi connectivity index (χ4n) is 2.81. The lowest BCUT2D eigenvalue weighted by atomic mass is 10.2. The number of hydrogen-bond donors (Lipinski definition) is 1. The van der Waals surface area contributed by atoms with Crippen molar-refractivity contribution in [1.29, 1.82) is 0 Å². The van der Waals surface area contributed by atoms with Crippen molar-refractivity contribution < 1.29 is 28.3 Å². The Morgan fingerprint density at radius 1 is 1.21 bits per heavy atom. The molecule has 29 heavy (non-hydrogen) atoms. The van der Waals surface area contributed by atoms with E-state index >= 15 is 0 Å². The Labute approximate surface area is 175 Å². The summed E-state index contributed by atoms with van der Waals surface area (Å²) in [7, 11) is 0. The number of thioether (sulfide) groups is 1. The van der Waals surface area contributed by atoms with Crippen LogP contribution in [-0.2, 0) is 9.59 Å². The fourth-order valence-corrected chi connectivity index (χ4v) is 3.86. The Balaban J connectivity index is 1.66. The minimum absolute atomic E-state index is 0.0674. The van der Waals surface area contributed by atoms with Gasteiger partial charge in [0.2, 0.25) is 0 Å². The van der Waals surface area contributed by atoms with Crippen molar-refractivity contribution in [2.75, 3.05) is 6.54 Å². The van der Waals surface area contributed by atoms with E-state index in [4.69, 9.17) is 21.1 Å². The standard InChI is InChI=1S/C20H17ClFNO5S/c21-15-7-5-12(22)10-14(15)16-8-6-13(28-16)11-17-19(26)23(20(27)29-17)9-3-1-2-4-18(24)25/h5-8,10-11H,1-4,9H2,(H,24,25)/b17-11-. The number of rotatable bonds is 8. The van der Waals surface area contributed by atoms with Crippen LogP contribution in [0.2, 0.25) is 5.02 Å². The van der Waals surface area contributed by atoms with Gasteiger partial charge >= 0.3 is 5.97 Å². The zero-order valence-corrected chi connectivity index (χ0v) is 16.8. The van der Waals surface area contributed by atoms with E-state index in [1.54, 1.807) is 12.1 Å². The Morgan fingerprint density at radius 3 is 2.76 bits per heavy atom. The molecule has 0 saturated carbocycles. The van der Waals surface area contributed by atoms with E-state index in [-0.39, 0.29) is 23.1 Å². The number of imide groups is 1. The van der Waals surface area contributed by atoms with E-state index < -0.39 is 17.7 Å². The van der Waals surface area contributed by atoms with Crippen molar-refractivity contribution in [3.05, 3.63) is 51.8 Å². The van der Waals surface area contributed by atoms with Gasteiger partial charge in [-0.05, 0) is 54.9 Å². The molecule has 1 saturated heterocycles. The second-order valence-corrected chi connectivity index (χ2v) is 7.76. The number of benzene rings is 1. The molecule has 2 amide bonds. The van der Waals surface area contributed by atoms with E-state index in [1.807, 2.05) is 0 Å². The summed E-state index contributed by atoms with van der Waals surface area (Å²) in [6.07, 6.45) is 3.19. The minimum Gasteiger partial charge on any atom is -0.481 e. The Kier molecular flexibility index (Phi) is 6.76. The molecule has 9 heteroatoms. The molecular formula is C20H17ClFNO5S. The number of carboxylic acids is 1. The molecule has 1 aromatic carbocycles. The first-order valence-electron chi connectivity index (χ1n) is 8.87. The largest absolute Gasteiger partial charge is 0.481 e. The maximum atomic E-state index is 13.5. The number of nitrogens with zero attached hydrogens (tertiary/aromatic N) is 1. The molecule has 1 aliphatic rings. The highest BCUT2D eigenvalue weighted by Gasteiger charge is 2.34. The van der Waals surface area contributed by atoms with Crippen molar-refractivity contribution >= 4 is 46.6 Å². The summed E-state index contributed by atoms with van der Waals surface area (Å²) in [6.45, 7) is 0.240. The van der Waals surface area contributed by atoms with Crippen LogP contribution in [0.3, 0.4) is 0 Å². The smallest absolute Gasteiger partial charge is 0.303 e. The molecule has 3 rings (SSSR count). The summed E-state index contributed by atoms with van der Waals surface area (Å²) >= 11 is 6.89. The minimum atomic E-state index is -0.864. The van der Waals surface area contributed by atoms with Crippen molar-refractivity contribution in [3.8, 4) is 11.3 Å². The normalized spacial score (nSPS) is 15.5. The van der Waals surface area contributed by atoms with Crippen LogP contribution in [-0.4, -0.2) is 33.7 Å². The summed E-state index contributed by atoms with van der Waals surface area (Å²) in [6, 6.07) is 7.14. The summed E-state index contributed by atoms with van der Waals surface area (Å²) in [5, 5.41) is 8.58. The highest BCUT2D eigenvalue weighted by molar-refractivity contribution is 8.18. The molecule has 0 radical (unpaired) electrons. The molecule has 1 N–H and O–H groups in total. The molecule has 0 aliphatic carbocycles. The van der Waals surface area contributed by atoms with Gasteiger partial charge in [-0.15, -0.1) is 0 Å². The van der Waals surface area contributed by atoms with Crippen LogP contribution in [0, 0.1) is 5.82 Å². The lowest BCUT2D eigenvalue weighted by molar-refractivity contribution is -0.137. The molecule has 2 aromatic rings. The molecule has 0 unspecified atom stereocenters. The average molecular weight is 438 g/mol. The topological polar surface area (TPSA) is 87.8 Å². The predicted molar refractivity (Wildman–Crippen MR) is 108 cm³/mol. The van der Waals surface area contributed by atoms with Crippen molar-refractivity contribution in [2.24, 2.45) is 0 Å². The Morgan fingerprint density at radius 2 is 2.00 bits per heavy atom. The number of carboxylic acid groups (broad SMARTS) is 1.